The van der Waals surface area contributed by atoms with Crippen LogP contribution in [0.1, 0.15) is 5.69 Å². The third-order valence-electron chi connectivity index (χ3n) is 3.33. The third kappa shape index (κ3) is 2.05. The Morgan fingerprint density at radius 1 is 1.20 bits per heavy atom. The molecule has 2 aromatic heterocycles. The molecule has 0 saturated heterocycles. The number of rotatable bonds is 3. The predicted octanol–water partition coefficient (Wildman–Crippen LogP) is 0.931. The molecule has 0 atom stereocenters. The van der Waals surface area contributed by atoms with Gasteiger partial charge in [-0.1, -0.05) is 12.1 Å². The van der Waals surface area contributed by atoms with Crippen molar-refractivity contribution in [2.24, 2.45) is 7.05 Å². The van der Waals surface area contributed by atoms with Crippen LogP contribution in [0.25, 0.3) is 10.9 Å². The Hall–Kier alpha value is -2.63. The van der Waals surface area contributed by atoms with Gasteiger partial charge < -0.3 is 4.42 Å². The van der Waals surface area contributed by atoms with Crippen LogP contribution in [0.4, 0.5) is 0 Å². The van der Waals surface area contributed by atoms with Crippen LogP contribution in [0.15, 0.2) is 50.5 Å². The molecule has 102 valence electrons. The second kappa shape index (κ2) is 4.80. The number of benzene rings is 1. The van der Waals surface area contributed by atoms with E-state index >= 15 is 0 Å². The first-order chi connectivity index (χ1) is 9.66. The van der Waals surface area contributed by atoms with Gasteiger partial charge in [-0.3, -0.25) is 9.25 Å². The second-order valence-electron chi connectivity index (χ2n) is 4.52. The van der Waals surface area contributed by atoms with Crippen LogP contribution in [-0.4, -0.2) is 14.3 Å². The van der Waals surface area contributed by atoms with Gasteiger partial charge in [0.2, 0.25) is 0 Å². The summed E-state index contributed by atoms with van der Waals surface area (Å²) in [5.74, 6) is -0.629. The Labute approximate surface area is 113 Å². The van der Waals surface area contributed by atoms with E-state index in [0.717, 1.165) is 5.69 Å². The van der Waals surface area contributed by atoms with Crippen LogP contribution in [0.3, 0.4) is 0 Å². The van der Waals surface area contributed by atoms with Crippen LogP contribution >= 0.6 is 0 Å². The Morgan fingerprint density at radius 3 is 2.75 bits per heavy atom. The maximum absolute atomic E-state index is 11.9. The molecule has 3 rings (SSSR count). The highest BCUT2D eigenvalue weighted by Gasteiger charge is 2.09. The molecule has 6 heteroatoms. The topological polar surface area (TPSA) is 70.0 Å². The summed E-state index contributed by atoms with van der Waals surface area (Å²) in [5.41, 5.74) is 1.01. The summed E-state index contributed by atoms with van der Waals surface area (Å²) in [7, 11) is 1.85. The Bertz CT molecular complexity index is 873. The summed E-state index contributed by atoms with van der Waals surface area (Å²) in [6.45, 7) is 0.433. The molecule has 0 fully saturated rings. The van der Waals surface area contributed by atoms with Gasteiger partial charge in [-0.15, -0.1) is 0 Å². The maximum atomic E-state index is 11.9. The average Bonchev–Trinajstić information content (AvgIpc) is 2.84. The minimum absolute atomic E-state index is 0.414. The minimum atomic E-state index is -0.629. The van der Waals surface area contributed by atoms with E-state index in [1.165, 1.54) is 4.57 Å². The van der Waals surface area contributed by atoms with Gasteiger partial charge in [-0.2, -0.15) is 5.10 Å². The average molecular weight is 271 g/mol. The molecule has 1 aromatic carbocycles. The zero-order valence-electron chi connectivity index (χ0n) is 10.9. The molecule has 0 aliphatic rings. The van der Waals surface area contributed by atoms with Crippen LogP contribution in [0.5, 0.6) is 0 Å². The molecule has 2 heterocycles. The van der Waals surface area contributed by atoms with Gasteiger partial charge in [0, 0.05) is 31.9 Å². The maximum Gasteiger partial charge on any atom is 0.422 e. The smallest absolute Gasteiger partial charge is 0.372 e. The highest BCUT2D eigenvalue weighted by atomic mass is 16.4. The van der Waals surface area contributed by atoms with E-state index in [1.807, 2.05) is 13.1 Å². The van der Waals surface area contributed by atoms with Crippen LogP contribution < -0.4 is 11.4 Å². The zero-order chi connectivity index (χ0) is 14.1. The molecule has 0 aliphatic heterocycles. The number of hydrogen-bond donors (Lipinski definition) is 0. The molecule has 0 amide bonds. The molecule has 0 radical (unpaired) electrons. The van der Waals surface area contributed by atoms with E-state index in [0.29, 0.717) is 23.9 Å². The summed E-state index contributed by atoms with van der Waals surface area (Å²) < 4.78 is 7.98. The molecular weight excluding hydrogens is 258 g/mol. The van der Waals surface area contributed by atoms with E-state index in [9.17, 15) is 9.59 Å². The minimum Gasteiger partial charge on any atom is -0.372 e. The summed E-state index contributed by atoms with van der Waals surface area (Å²) in [6.07, 6.45) is 2.34. The van der Waals surface area contributed by atoms with Crippen molar-refractivity contribution in [2.75, 3.05) is 0 Å². The van der Waals surface area contributed by atoms with Gasteiger partial charge in [-0.05, 0) is 18.2 Å². The van der Waals surface area contributed by atoms with E-state index in [1.54, 1.807) is 35.1 Å². The van der Waals surface area contributed by atoms with Crippen molar-refractivity contribution in [3.63, 3.8) is 0 Å². The standard InChI is InChI=1S/C14H13N3O3/c1-16-10(6-8-15-16)7-9-17-12-5-3-2-4-11(12)13(18)20-14(17)19/h2-6,8H,7,9H2,1H3. The Kier molecular flexibility index (Phi) is 2.98. The fourth-order valence-electron chi connectivity index (χ4n) is 2.25. The molecule has 0 unspecified atom stereocenters. The summed E-state index contributed by atoms with van der Waals surface area (Å²) >= 11 is 0. The van der Waals surface area contributed by atoms with Crippen molar-refractivity contribution in [2.45, 2.75) is 13.0 Å². The van der Waals surface area contributed by atoms with E-state index in [4.69, 9.17) is 4.42 Å². The second-order valence-corrected chi connectivity index (χ2v) is 4.52. The summed E-state index contributed by atoms with van der Waals surface area (Å²) in [5, 5.41) is 4.50. The highest BCUT2D eigenvalue weighted by Crippen LogP contribution is 2.08. The predicted molar refractivity (Wildman–Crippen MR) is 73.7 cm³/mol. The first-order valence-corrected chi connectivity index (χ1v) is 6.26. The fourth-order valence-corrected chi connectivity index (χ4v) is 2.25. The van der Waals surface area contributed by atoms with E-state index < -0.39 is 11.4 Å². The molecule has 20 heavy (non-hydrogen) atoms. The van der Waals surface area contributed by atoms with Crippen LogP contribution in [0.2, 0.25) is 0 Å². The largest absolute Gasteiger partial charge is 0.422 e. The molecular formula is C14H13N3O3. The lowest BCUT2D eigenvalue weighted by Crippen LogP contribution is -2.26. The van der Waals surface area contributed by atoms with E-state index in [-0.39, 0.29) is 0 Å². The number of para-hydroxylation sites is 1. The van der Waals surface area contributed by atoms with Crippen molar-refractivity contribution in [1.29, 1.82) is 0 Å². The zero-order valence-corrected chi connectivity index (χ0v) is 10.9. The lowest BCUT2D eigenvalue weighted by atomic mass is 10.2. The monoisotopic (exact) mass is 271 g/mol. The van der Waals surface area contributed by atoms with Crippen LogP contribution in [-0.2, 0) is 20.0 Å². The highest BCUT2D eigenvalue weighted by molar-refractivity contribution is 5.77. The fraction of sp³-hybridized carbons (Fsp3) is 0.214. The van der Waals surface area contributed by atoms with Crippen molar-refractivity contribution in [3.8, 4) is 0 Å². The van der Waals surface area contributed by atoms with Crippen molar-refractivity contribution in [1.82, 2.24) is 14.3 Å². The number of hydrogen-bond acceptors (Lipinski definition) is 4. The molecule has 0 N–H and O–H groups in total. The lowest BCUT2D eigenvalue weighted by Gasteiger charge is -2.08. The van der Waals surface area contributed by atoms with Crippen molar-refractivity contribution in [3.05, 3.63) is 63.2 Å². The molecule has 0 bridgehead atoms. The summed E-state index contributed by atoms with van der Waals surface area (Å²) in [6, 6.07) is 8.83. The third-order valence-corrected chi connectivity index (χ3v) is 3.33. The number of aromatic nitrogens is 3. The SMILES string of the molecule is Cn1nccc1CCn1c(=O)oc(=O)c2ccccc21. The molecule has 0 spiro atoms. The van der Waals surface area contributed by atoms with Gasteiger partial charge in [0.15, 0.2) is 0 Å². The number of fused-ring (bicyclic) bond motifs is 1. The van der Waals surface area contributed by atoms with Crippen molar-refractivity contribution >= 4 is 10.9 Å². The number of aryl methyl sites for hydroxylation is 3. The van der Waals surface area contributed by atoms with Gasteiger partial charge in [0.1, 0.15) is 0 Å². The molecule has 6 nitrogen and oxygen atoms in total. The quantitative estimate of drug-likeness (QED) is 0.710. The van der Waals surface area contributed by atoms with Gasteiger partial charge in [0.05, 0.1) is 10.9 Å². The molecule has 0 saturated carbocycles. The summed E-state index contributed by atoms with van der Waals surface area (Å²) in [4.78, 5) is 23.5. The van der Waals surface area contributed by atoms with E-state index in [2.05, 4.69) is 5.10 Å². The molecule has 3 aromatic rings. The number of nitrogens with zero attached hydrogens (tertiary/aromatic N) is 3. The molecule has 0 aliphatic carbocycles. The Morgan fingerprint density at radius 2 is 2.00 bits per heavy atom. The lowest BCUT2D eigenvalue weighted by molar-refractivity contribution is 0.415. The van der Waals surface area contributed by atoms with Gasteiger partial charge >= 0.3 is 11.4 Å². The first kappa shape index (κ1) is 12.4. The Balaban J connectivity index is 2.05. The first-order valence-electron chi connectivity index (χ1n) is 6.26. The normalized spacial score (nSPS) is 11.1. The van der Waals surface area contributed by atoms with Crippen LogP contribution in [0, 0.1) is 0 Å². The van der Waals surface area contributed by atoms with Gasteiger partial charge in [0.25, 0.3) is 0 Å². The van der Waals surface area contributed by atoms with Gasteiger partial charge in [-0.25, -0.2) is 9.59 Å². The van der Waals surface area contributed by atoms with Crippen molar-refractivity contribution < 1.29 is 4.42 Å².